The second-order valence-corrected chi connectivity index (χ2v) is 4.55. The zero-order valence-corrected chi connectivity index (χ0v) is 9.57. The average Bonchev–Trinajstić information content (AvgIpc) is 2.99. The van der Waals surface area contributed by atoms with Crippen LogP contribution in [0.3, 0.4) is 0 Å². The first-order valence-electron chi connectivity index (χ1n) is 4.93. The Morgan fingerprint density at radius 3 is 2.73 bits per heavy atom. The van der Waals surface area contributed by atoms with E-state index in [1.165, 1.54) is 12.8 Å². The topological polar surface area (TPSA) is 38.9 Å². The summed E-state index contributed by atoms with van der Waals surface area (Å²) in [5, 5.41) is 8.12. The first kappa shape index (κ1) is 9.09. The second kappa shape index (κ2) is 3.45. The van der Waals surface area contributed by atoms with Gasteiger partial charge in [-0.2, -0.15) is 0 Å². The molecule has 0 N–H and O–H groups in total. The minimum atomic E-state index is 0.508. The highest BCUT2D eigenvalue weighted by molar-refractivity contribution is 9.10. The van der Waals surface area contributed by atoms with Crippen molar-refractivity contribution < 1.29 is 4.42 Å². The Kier molecular flexibility index (Phi) is 2.09. The van der Waals surface area contributed by atoms with Crippen LogP contribution in [0, 0.1) is 0 Å². The molecule has 15 heavy (non-hydrogen) atoms. The molecule has 3 rings (SSSR count). The molecular formula is C11H9BrN2O. The Hall–Kier alpha value is -1.16. The van der Waals surface area contributed by atoms with E-state index in [1.807, 2.05) is 24.3 Å². The van der Waals surface area contributed by atoms with Gasteiger partial charge in [0.05, 0.1) is 5.56 Å². The molecule has 1 saturated carbocycles. The maximum absolute atomic E-state index is 5.62. The summed E-state index contributed by atoms with van der Waals surface area (Å²) in [6.07, 6.45) is 2.36. The van der Waals surface area contributed by atoms with Gasteiger partial charge in [-0.25, -0.2) is 0 Å². The van der Waals surface area contributed by atoms with E-state index in [9.17, 15) is 0 Å². The highest BCUT2D eigenvalue weighted by atomic mass is 79.9. The van der Waals surface area contributed by atoms with Crippen LogP contribution in [0.2, 0.25) is 0 Å². The lowest BCUT2D eigenvalue weighted by Crippen LogP contribution is -1.78. The van der Waals surface area contributed by atoms with E-state index in [0.717, 1.165) is 15.9 Å². The van der Waals surface area contributed by atoms with Gasteiger partial charge in [-0.3, -0.25) is 0 Å². The third-order valence-corrected chi connectivity index (χ3v) is 3.16. The summed E-state index contributed by atoms with van der Waals surface area (Å²) in [4.78, 5) is 0. The lowest BCUT2D eigenvalue weighted by molar-refractivity contribution is 0.508. The zero-order valence-electron chi connectivity index (χ0n) is 7.98. The molecule has 0 radical (unpaired) electrons. The molecule has 0 aliphatic heterocycles. The number of hydrogen-bond acceptors (Lipinski definition) is 3. The van der Waals surface area contributed by atoms with Gasteiger partial charge in [0.2, 0.25) is 11.8 Å². The van der Waals surface area contributed by atoms with Crippen molar-refractivity contribution in [2.75, 3.05) is 0 Å². The minimum Gasteiger partial charge on any atom is -0.420 e. The highest BCUT2D eigenvalue weighted by Crippen LogP contribution is 2.40. The summed E-state index contributed by atoms with van der Waals surface area (Å²) in [6.45, 7) is 0. The van der Waals surface area contributed by atoms with Gasteiger partial charge in [-0.1, -0.05) is 12.1 Å². The summed E-state index contributed by atoms with van der Waals surface area (Å²) in [5.74, 6) is 1.89. The van der Waals surface area contributed by atoms with E-state index in [4.69, 9.17) is 4.42 Å². The largest absolute Gasteiger partial charge is 0.420 e. The van der Waals surface area contributed by atoms with Gasteiger partial charge >= 0.3 is 0 Å². The van der Waals surface area contributed by atoms with E-state index in [2.05, 4.69) is 26.1 Å². The molecule has 2 aromatic rings. The monoisotopic (exact) mass is 264 g/mol. The van der Waals surface area contributed by atoms with Crippen LogP contribution >= 0.6 is 15.9 Å². The Labute approximate surface area is 95.6 Å². The fourth-order valence-electron chi connectivity index (χ4n) is 1.47. The van der Waals surface area contributed by atoms with Crippen molar-refractivity contribution in [3.63, 3.8) is 0 Å². The van der Waals surface area contributed by atoms with Crippen molar-refractivity contribution in [3.8, 4) is 11.5 Å². The lowest BCUT2D eigenvalue weighted by Gasteiger charge is -1.96. The van der Waals surface area contributed by atoms with Gasteiger partial charge in [-0.05, 0) is 40.9 Å². The number of rotatable bonds is 2. The van der Waals surface area contributed by atoms with Crippen molar-refractivity contribution >= 4 is 15.9 Å². The molecule has 1 fully saturated rings. The van der Waals surface area contributed by atoms with Crippen LogP contribution in [0.15, 0.2) is 33.2 Å². The lowest BCUT2D eigenvalue weighted by atomic mass is 10.2. The van der Waals surface area contributed by atoms with Crippen LogP contribution in [-0.2, 0) is 0 Å². The number of nitrogens with zero attached hydrogens (tertiary/aromatic N) is 2. The van der Waals surface area contributed by atoms with Crippen LogP contribution in [0.4, 0.5) is 0 Å². The van der Waals surface area contributed by atoms with Crippen molar-refractivity contribution in [3.05, 3.63) is 34.6 Å². The number of aromatic nitrogens is 2. The summed E-state index contributed by atoms with van der Waals surface area (Å²) < 4.78 is 6.60. The molecular weight excluding hydrogens is 256 g/mol. The molecule has 1 heterocycles. The first-order chi connectivity index (χ1) is 7.34. The summed E-state index contributed by atoms with van der Waals surface area (Å²) >= 11 is 3.47. The normalized spacial score (nSPS) is 15.5. The summed E-state index contributed by atoms with van der Waals surface area (Å²) in [7, 11) is 0. The van der Waals surface area contributed by atoms with E-state index in [-0.39, 0.29) is 0 Å². The van der Waals surface area contributed by atoms with Crippen LogP contribution in [0.1, 0.15) is 24.7 Å². The molecule has 0 unspecified atom stereocenters. The fraction of sp³-hybridized carbons (Fsp3) is 0.273. The zero-order chi connectivity index (χ0) is 10.3. The van der Waals surface area contributed by atoms with Crippen molar-refractivity contribution in [1.82, 2.24) is 10.2 Å². The molecule has 4 heteroatoms. The molecule has 1 aromatic heterocycles. The van der Waals surface area contributed by atoms with Gasteiger partial charge in [0.1, 0.15) is 0 Å². The molecule has 0 spiro atoms. The van der Waals surface area contributed by atoms with E-state index in [1.54, 1.807) is 0 Å². The maximum atomic E-state index is 5.62. The molecule has 0 atom stereocenters. The van der Waals surface area contributed by atoms with Gasteiger partial charge in [-0.15, -0.1) is 10.2 Å². The van der Waals surface area contributed by atoms with Crippen molar-refractivity contribution in [2.45, 2.75) is 18.8 Å². The van der Waals surface area contributed by atoms with Gasteiger partial charge in [0, 0.05) is 10.4 Å². The predicted octanol–water partition coefficient (Wildman–Crippen LogP) is 3.38. The van der Waals surface area contributed by atoms with Crippen molar-refractivity contribution in [1.29, 1.82) is 0 Å². The van der Waals surface area contributed by atoms with Gasteiger partial charge in [0.25, 0.3) is 0 Å². The van der Waals surface area contributed by atoms with Crippen LogP contribution in [0.25, 0.3) is 11.5 Å². The molecule has 3 nitrogen and oxygen atoms in total. The Morgan fingerprint density at radius 2 is 2.00 bits per heavy atom. The summed E-state index contributed by atoms with van der Waals surface area (Å²) in [5.41, 5.74) is 0.955. The van der Waals surface area contributed by atoms with Gasteiger partial charge < -0.3 is 4.42 Å². The summed E-state index contributed by atoms with van der Waals surface area (Å²) in [6, 6.07) is 7.86. The molecule has 0 bridgehead atoms. The highest BCUT2D eigenvalue weighted by Gasteiger charge is 2.29. The fourth-order valence-corrected chi connectivity index (χ4v) is 1.93. The van der Waals surface area contributed by atoms with Crippen LogP contribution < -0.4 is 0 Å². The minimum absolute atomic E-state index is 0.508. The van der Waals surface area contributed by atoms with Gasteiger partial charge in [0.15, 0.2) is 0 Å². The molecule has 1 aromatic carbocycles. The quantitative estimate of drug-likeness (QED) is 0.835. The standard InChI is InChI=1S/C11H9BrN2O/c12-9-4-2-1-3-8(9)11-14-13-10(15-11)7-5-6-7/h1-4,7H,5-6H2. The molecule has 0 saturated heterocycles. The van der Waals surface area contributed by atoms with Crippen LogP contribution in [0.5, 0.6) is 0 Å². The Bertz CT molecular complexity index is 491. The Balaban J connectivity index is 2.01. The van der Waals surface area contributed by atoms with Crippen LogP contribution in [-0.4, -0.2) is 10.2 Å². The van der Waals surface area contributed by atoms with E-state index < -0.39 is 0 Å². The molecule has 76 valence electrons. The van der Waals surface area contributed by atoms with Crippen molar-refractivity contribution in [2.24, 2.45) is 0 Å². The van der Waals surface area contributed by atoms with E-state index in [0.29, 0.717) is 11.8 Å². The number of benzene rings is 1. The number of hydrogen-bond donors (Lipinski definition) is 0. The SMILES string of the molecule is Brc1ccccc1-c1nnc(C2CC2)o1. The molecule has 0 amide bonds. The third kappa shape index (κ3) is 1.69. The second-order valence-electron chi connectivity index (χ2n) is 3.70. The maximum Gasteiger partial charge on any atom is 0.248 e. The number of halogens is 1. The molecule has 1 aliphatic rings. The Morgan fingerprint density at radius 1 is 1.20 bits per heavy atom. The first-order valence-corrected chi connectivity index (χ1v) is 5.72. The average molecular weight is 265 g/mol. The predicted molar refractivity (Wildman–Crippen MR) is 59.4 cm³/mol. The smallest absolute Gasteiger partial charge is 0.248 e. The third-order valence-electron chi connectivity index (χ3n) is 2.47. The van der Waals surface area contributed by atoms with E-state index >= 15 is 0 Å². The molecule has 1 aliphatic carbocycles.